The Morgan fingerprint density at radius 2 is 2.13 bits per heavy atom. The van der Waals surface area contributed by atoms with E-state index >= 15 is 0 Å². The molecule has 1 aromatic rings. The highest BCUT2D eigenvalue weighted by atomic mass is 16.5. The van der Waals surface area contributed by atoms with Crippen LogP contribution in [0.25, 0.3) is 0 Å². The summed E-state index contributed by atoms with van der Waals surface area (Å²) in [6.07, 6.45) is 1.50. The Morgan fingerprint density at radius 3 is 2.73 bits per heavy atom. The van der Waals surface area contributed by atoms with Crippen molar-refractivity contribution < 1.29 is 9.47 Å². The maximum Gasteiger partial charge on any atom is 0.118 e. The van der Waals surface area contributed by atoms with E-state index in [0.29, 0.717) is 12.7 Å². The third-order valence-corrected chi connectivity index (χ3v) is 2.66. The van der Waals surface area contributed by atoms with E-state index in [-0.39, 0.29) is 0 Å². The van der Waals surface area contributed by atoms with Gasteiger partial charge in [-0.3, -0.25) is 0 Å². The summed E-state index contributed by atoms with van der Waals surface area (Å²) < 4.78 is 10.9. The average molecular weight is 207 g/mol. The van der Waals surface area contributed by atoms with E-state index in [1.54, 1.807) is 7.11 Å². The van der Waals surface area contributed by atoms with Crippen LogP contribution in [0.2, 0.25) is 0 Å². The number of nitrogens with one attached hydrogen (secondary N) is 1. The van der Waals surface area contributed by atoms with Crippen LogP contribution in [0.4, 0.5) is 0 Å². The lowest BCUT2D eigenvalue weighted by molar-refractivity contribution is 0.0542. The molecule has 0 unspecified atom stereocenters. The minimum Gasteiger partial charge on any atom is -0.497 e. The van der Waals surface area contributed by atoms with Gasteiger partial charge in [0.05, 0.1) is 19.8 Å². The van der Waals surface area contributed by atoms with Gasteiger partial charge < -0.3 is 14.8 Å². The molecule has 3 heteroatoms. The van der Waals surface area contributed by atoms with Crippen molar-refractivity contribution in [2.24, 2.45) is 0 Å². The van der Waals surface area contributed by atoms with Crippen LogP contribution in [0, 0.1) is 0 Å². The van der Waals surface area contributed by atoms with Crippen LogP contribution in [0.1, 0.15) is 12.0 Å². The van der Waals surface area contributed by atoms with Gasteiger partial charge in [-0.1, -0.05) is 12.1 Å². The van der Waals surface area contributed by atoms with Crippen molar-refractivity contribution in [3.63, 3.8) is 0 Å². The molecule has 15 heavy (non-hydrogen) atoms. The highest BCUT2D eigenvalue weighted by Crippen LogP contribution is 2.13. The number of rotatable bonds is 4. The SMILES string of the molecule is COc1ccc(CO[C@@H]2CCNC2)cc1. The monoisotopic (exact) mass is 207 g/mol. The Bertz CT molecular complexity index is 291. The molecule has 3 nitrogen and oxygen atoms in total. The van der Waals surface area contributed by atoms with Crippen LogP contribution < -0.4 is 10.1 Å². The van der Waals surface area contributed by atoms with Crippen molar-refractivity contribution in [3.05, 3.63) is 29.8 Å². The third kappa shape index (κ3) is 2.94. The molecule has 0 amide bonds. The Kier molecular flexibility index (Phi) is 3.59. The fraction of sp³-hybridized carbons (Fsp3) is 0.500. The molecule has 0 aromatic heterocycles. The van der Waals surface area contributed by atoms with Crippen molar-refractivity contribution in [1.82, 2.24) is 5.32 Å². The molecule has 0 spiro atoms. The van der Waals surface area contributed by atoms with Crippen LogP contribution in [0.5, 0.6) is 5.75 Å². The topological polar surface area (TPSA) is 30.5 Å². The molecule has 82 valence electrons. The van der Waals surface area contributed by atoms with Gasteiger partial charge in [0.2, 0.25) is 0 Å². The molecule has 1 aromatic carbocycles. The van der Waals surface area contributed by atoms with Gasteiger partial charge in [-0.2, -0.15) is 0 Å². The third-order valence-electron chi connectivity index (χ3n) is 2.66. The zero-order chi connectivity index (χ0) is 10.5. The second-order valence-electron chi connectivity index (χ2n) is 3.77. The summed E-state index contributed by atoms with van der Waals surface area (Å²) in [4.78, 5) is 0. The normalized spacial score (nSPS) is 20.5. The minimum absolute atomic E-state index is 0.382. The van der Waals surface area contributed by atoms with E-state index < -0.39 is 0 Å². The van der Waals surface area contributed by atoms with E-state index in [1.807, 2.05) is 24.3 Å². The molecule has 2 rings (SSSR count). The van der Waals surface area contributed by atoms with Crippen molar-refractivity contribution >= 4 is 0 Å². The van der Waals surface area contributed by atoms with E-state index in [9.17, 15) is 0 Å². The molecular formula is C12H17NO2. The second-order valence-corrected chi connectivity index (χ2v) is 3.77. The first kappa shape index (κ1) is 10.5. The van der Waals surface area contributed by atoms with E-state index in [2.05, 4.69) is 5.32 Å². The van der Waals surface area contributed by atoms with Gasteiger partial charge in [-0.25, -0.2) is 0 Å². The maximum atomic E-state index is 5.76. The quantitative estimate of drug-likeness (QED) is 0.813. The fourth-order valence-corrected chi connectivity index (χ4v) is 1.71. The van der Waals surface area contributed by atoms with E-state index in [4.69, 9.17) is 9.47 Å². The summed E-state index contributed by atoms with van der Waals surface area (Å²) in [7, 11) is 1.68. The van der Waals surface area contributed by atoms with Crippen LogP contribution in [-0.4, -0.2) is 26.3 Å². The number of hydrogen-bond donors (Lipinski definition) is 1. The van der Waals surface area contributed by atoms with E-state index in [1.165, 1.54) is 5.56 Å². The van der Waals surface area contributed by atoms with Gasteiger partial charge >= 0.3 is 0 Å². The minimum atomic E-state index is 0.382. The summed E-state index contributed by atoms with van der Waals surface area (Å²) in [5, 5.41) is 3.28. The molecular weight excluding hydrogens is 190 g/mol. The van der Waals surface area contributed by atoms with Gasteiger partial charge in [0.25, 0.3) is 0 Å². The Labute approximate surface area is 90.4 Å². The van der Waals surface area contributed by atoms with Crippen LogP contribution in [0.15, 0.2) is 24.3 Å². The lowest BCUT2D eigenvalue weighted by Gasteiger charge is -2.10. The number of methoxy groups -OCH3 is 1. The van der Waals surface area contributed by atoms with Crippen LogP contribution in [0.3, 0.4) is 0 Å². The van der Waals surface area contributed by atoms with Gasteiger partial charge in [-0.05, 0) is 30.7 Å². The summed E-state index contributed by atoms with van der Waals surface area (Å²) in [6, 6.07) is 8.01. The molecule has 1 heterocycles. The molecule has 1 fully saturated rings. The Morgan fingerprint density at radius 1 is 1.33 bits per heavy atom. The molecule has 0 saturated carbocycles. The first-order valence-electron chi connectivity index (χ1n) is 5.34. The van der Waals surface area contributed by atoms with Crippen molar-refractivity contribution in [1.29, 1.82) is 0 Å². The number of benzene rings is 1. The smallest absolute Gasteiger partial charge is 0.118 e. The zero-order valence-electron chi connectivity index (χ0n) is 9.03. The second kappa shape index (κ2) is 5.14. The summed E-state index contributed by atoms with van der Waals surface area (Å²) in [5.74, 6) is 0.890. The molecule has 1 aliphatic rings. The zero-order valence-corrected chi connectivity index (χ0v) is 9.03. The Hall–Kier alpha value is -1.06. The van der Waals surface area contributed by atoms with Gasteiger partial charge in [-0.15, -0.1) is 0 Å². The molecule has 1 aliphatic heterocycles. The highest BCUT2D eigenvalue weighted by Gasteiger charge is 2.14. The Balaban J connectivity index is 1.82. The standard InChI is InChI=1S/C12H17NO2/c1-14-11-4-2-10(3-5-11)9-15-12-6-7-13-8-12/h2-5,12-13H,6-9H2,1H3/t12-/m1/s1. The summed E-state index contributed by atoms with van der Waals surface area (Å²) >= 11 is 0. The van der Waals surface area contributed by atoms with Gasteiger partial charge in [0.15, 0.2) is 0 Å². The van der Waals surface area contributed by atoms with E-state index in [0.717, 1.165) is 25.3 Å². The predicted molar refractivity (Wildman–Crippen MR) is 59.1 cm³/mol. The van der Waals surface area contributed by atoms with Crippen LogP contribution in [-0.2, 0) is 11.3 Å². The number of ether oxygens (including phenoxy) is 2. The predicted octanol–water partition coefficient (Wildman–Crippen LogP) is 1.57. The summed E-state index contributed by atoms with van der Waals surface area (Å²) in [5.41, 5.74) is 1.20. The van der Waals surface area contributed by atoms with Crippen molar-refractivity contribution in [3.8, 4) is 5.75 Å². The molecule has 0 bridgehead atoms. The van der Waals surface area contributed by atoms with Crippen molar-refractivity contribution in [2.75, 3.05) is 20.2 Å². The number of hydrogen-bond acceptors (Lipinski definition) is 3. The molecule has 1 atom stereocenters. The fourth-order valence-electron chi connectivity index (χ4n) is 1.71. The molecule has 1 saturated heterocycles. The van der Waals surface area contributed by atoms with Gasteiger partial charge in [0, 0.05) is 6.54 Å². The first-order valence-corrected chi connectivity index (χ1v) is 5.34. The van der Waals surface area contributed by atoms with Crippen molar-refractivity contribution in [2.45, 2.75) is 19.1 Å². The largest absolute Gasteiger partial charge is 0.497 e. The average Bonchev–Trinajstić information content (AvgIpc) is 2.80. The molecule has 0 radical (unpaired) electrons. The highest BCUT2D eigenvalue weighted by molar-refractivity contribution is 5.26. The van der Waals surface area contributed by atoms with Gasteiger partial charge in [0.1, 0.15) is 5.75 Å². The lowest BCUT2D eigenvalue weighted by atomic mass is 10.2. The molecule has 1 N–H and O–H groups in total. The van der Waals surface area contributed by atoms with Crippen LogP contribution >= 0.6 is 0 Å². The maximum absolute atomic E-state index is 5.76. The lowest BCUT2D eigenvalue weighted by Crippen LogP contribution is -2.16. The summed E-state index contributed by atoms with van der Waals surface area (Å²) in [6.45, 7) is 2.75. The first-order chi connectivity index (χ1) is 7.38. The molecule has 0 aliphatic carbocycles.